The largest absolute Gasteiger partial charge is 0.348 e. The van der Waals surface area contributed by atoms with Crippen LogP contribution in [0.4, 0.5) is 0 Å². The first-order valence-electron chi connectivity index (χ1n) is 8.50. The van der Waals surface area contributed by atoms with Crippen molar-refractivity contribution < 1.29 is 4.79 Å². The Morgan fingerprint density at radius 2 is 1.96 bits per heavy atom. The van der Waals surface area contributed by atoms with Gasteiger partial charge >= 0.3 is 0 Å². The van der Waals surface area contributed by atoms with Gasteiger partial charge in [-0.25, -0.2) is 4.68 Å². The van der Waals surface area contributed by atoms with Crippen LogP contribution in [0.2, 0.25) is 0 Å². The molecule has 3 aromatic rings. The number of nitrogens with one attached hydrogen (secondary N) is 1. The van der Waals surface area contributed by atoms with Crippen molar-refractivity contribution in [2.24, 2.45) is 0 Å². The molecule has 130 valence electrons. The van der Waals surface area contributed by atoms with E-state index in [0.717, 1.165) is 35.5 Å². The van der Waals surface area contributed by atoms with E-state index in [1.807, 2.05) is 40.7 Å². The average Bonchev–Trinajstić information content (AvgIpc) is 3.21. The summed E-state index contributed by atoms with van der Waals surface area (Å²) in [6, 6.07) is 8.07. The molecule has 0 atom stereocenters. The molecule has 0 fully saturated rings. The molecular formula is C19H23N5O. The molecule has 0 aliphatic heterocycles. The molecule has 6 nitrogen and oxygen atoms in total. The van der Waals surface area contributed by atoms with Crippen molar-refractivity contribution in [3.8, 4) is 5.69 Å². The van der Waals surface area contributed by atoms with Crippen molar-refractivity contribution in [2.75, 3.05) is 0 Å². The van der Waals surface area contributed by atoms with Gasteiger partial charge in [0, 0.05) is 30.5 Å². The number of rotatable bonds is 6. The first-order chi connectivity index (χ1) is 12.1. The van der Waals surface area contributed by atoms with Crippen LogP contribution >= 0.6 is 0 Å². The van der Waals surface area contributed by atoms with Crippen LogP contribution in [0.3, 0.4) is 0 Å². The van der Waals surface area contributed by atoms with Gasteiger partial charge in [-0.15, -0.1) is 0 Å². The lowest BCUT2D eigenvalue weighted by Crippen LogP contribution is -2.23. The van der Waals surface area contributed by atoms with Gasteiger partial charge in [-0.05, 0) is 31.9 Å². The second-order valence-corrected chi connectivity index (χ2v) is 6.13. The molecule has 0 aliphatic rings. The summed E-state index contributed by atoms with van der Waals surface area (Å²) in [6.45, 7) is 7.32. The SMILES string of the molecule is CCCn1ncc(C(=O)NCc2cnn(-c3ccccc3C)c2)c1C. The highest BCUT2D eigenvalue weighted by Gasteiger charge is 2.14. The van der Waals surface area contributed by atoms with Gasteiger partial charge in [0.2, 0.25) is 0 Å². The molecule has 0 saturated heterocycles. The molecule has 1 aromatic carbocycles. The van der Waals surface area contributed by atoms with Gasteiger partial charge in [-0.3, -0.25) is 9.48 Å². The second-order valence-electron chi connectivity index (χ2n) is 6.13. The van der Waals surface area contributed by atoms with E-state index in [2.05, 4.69) is 35.4 Å². The number of hydrogen-bond donors (Lipinski definition) is 1. The molecule has 1 N–H and O–H groups in total. The van der Waals surface area contributed by atoms with E-state index in [1.54, 1.807) is 12.4 Å². The summed E-state index contributed by atoms with van der Waals surface area (Å²) in [6.07, 6.45) is 6.34. The molecule has 0 aliphatic carbocycles. The molecule has 0 radical (unpaired) electrons. The maximum absolute atomic E-state index is 12.4. The fourth-order valence-electron chi connectivity index (χ4n) is 2.79. The third kappa shape index (κ3) is 3.63. The van der Waals surface area contributed by atoms with E-state index in [4.69, 9.17) is 0 Å². The van der Waals surface area contributed by atoms with Gasteiger partial charge in [0.05, 0.1) is 23.6 Å². The van der Waals surface area contributed by atoms with Crippen LogP contribution in [0.1, 0.15) is 40.5 Å². The van der Waals surface area contributed by atoms with E-state index in [0.29, 0.717) is 12.1 Å². The van der Waals surface area contributed by atoms with E-state index in [-0.39, 0.29) is 5.91 Å². The number of aryl methyl sites for hydroxylation is 2. The Bertz CT molecular complexity index is 878. The Labute approximate surface area is 147 Å². The third-order valence-electron chi connectivity index (χ3n) is 4.23. The van der Waals surface area contributed by atoms with Crippen LogP contribution in [0.15, 0.2) is 42.9 Å². The zero-order chi connectivity index (χ0) is 17.8. The van der Waals surface area contributed by atoms with Gasteiger partial charge in [0.1, 0.15) is 0 Å². The zero-order valence-electron chi connectivity index (χ0n) is 14.9. The normalized spacial score (nSPS) is 10.8. The van der Waals surface area contributed by atoms with Crippen molar-refractivity contribution in [1.29, 1.82) is 0 Å². The molecule has 3 rings (SSSR count). The lowest BCUT2D eigenvalue weighted by Gasteiger charge is -2.05. The van der Waals surface area contributed by atoms with Crippen molar-refractivity contribution >= 4 is 5.91 Å². The molecule has 6 heteroatoms. The summed E-state index contributed by atoms with van der Waals surface area (Å²) < 4.78 is 3.70. The van der Waals surface area contributed by atoms with Crippen LogP contribution in [0, 0.1) is 13.8 Å². The number of para-hydroxylation sites is 1. The van der Waals surface area contributed by atoms with Crippen LogP contribution < -0.4 is 5.32 Å². The number of carbonyl (C=O) groups excluding carboxylic acids is 1. The molecule has 1 amide bonds. The Hall–Kier alpha value is -2.89. The molecule has 25 heavy (non-hydrogen) atoms. The predicted octanol–water partition coefficient (Wildman–Crippen LogP) is 3.03. The summed E-state index contributed by atoms with van der Waals surface area (Å²) in [5.41, 5.74) is 4.67. The van der Waals surface area contributed by atoms with Crippen molar-refractivity contribution in [3.05, 3.63) is 65.2 Å². The average molecular weight is 337 g/mol. The van der Waals surface area contributed by atoms with Crippen LogP contribution in [-0.4, -0.2) is 25.5 Å². The maximum atomic E-state index is 12.4. The number of nitrogens with zero attached hydrogens (tertiary/aromatic N) is 4. The van der Waals surface area contributed by atoms with E-state index in [9.17, 15) is 4.79 Å². The van der Waals surface area contributed by atoms with E-state index >= 15 is 0 Å². The Morgan fingerprint density at radius 3 is 2.72 bits per heavy atom. The van der Waals surface area contributed by atoms with Gasteiger partial charge in [0.25, 0.3) is 5.91 Å². The minimum absolute atomic E-state index is 0.108. The minimum Gasteiger partial charge on any atom is -0.348 e. The Kier molecular flexibility index (Phi) is 4.97. The summed E-state index contributed by atoms with van der Waals surface area (Å²) in [5, 5.41) is 11.6. The zero-order valence-corrected chi connectivity index (χ0v) is 14.9. The molecular weight excluding hydrogens is 314 g/mol. The van der Waals surface area contributed by atoms with Gasteiger partial charge in [-0.1, -0.05) is 25.1 Å². The lowest BCUT2D eigenvalue weighted by molar-refractivity contribution is 0.0950. The first kappa shape index (κ1) is 17.0. The summed E-state index contributed by atoms with van der Waals surface area (Å²) in [7, 11) is 0. The Balaban J connectivity index is 1.66. The number of hydrogen-bond acceptors (Lipinski definition) is 3. The number of carbonyl (C=O) groups is 1. The fourth-order valence-corrected chi connectivity index (χ4v) is 2.79. The van der Waals surface area contributed by atoms with Crippen molar-refractivity contribution in [2.45, 2.75) is 40.3 Å². The smallest absolute Gasteiger partial charge is 0.255 e. The first-order valence-corrected chi connectivity index (χ1v) is 8.50. The van der Waals surface area contributed by atoms with Crippen LogP contribution in [0.5, 0.6) is 0 Å². The summed E-state index contributed by atoms with van der Waals surface area (Å²) in [5.74, 6) is -0.108. The minimum atomic E-state index is -0.108. The van der Waals surface area contributed by atoms with Crippen LogP contribution in [0.25, 0.3) is 5.69 Å². The standard InChI is InChI=1S/C19H23N5O/c1-4-9-23-15(3)17(12-22-23)19(25)20-10-16-11-21-24(13-16)18-8-6-5-7-14(18)2/h5-8,11-13H,4,9-10H2,1-3H3,(H,20,25). The van der Waals surface area contributed by atoms with Crippen molar-refractivity contribution in [3.63, 3.8) is 0 Å². The fraction of sp³-hybridized carbons (Fsp3) is 0.316. The Morgan fingerprint density at radius 1 is 1.16 bits per heavy atom. The highest BCUT2D eigenvalue weighted by atomic mass is 16.1. The number of aromatic nitrogens is 4. The molecule has 2 heterocycles. The molecule has 0 spiro atoms. The van der Waals surface area contributed by atoms with Gasteiger partial charge in [-0.2, -0.15) is 10.2 Å². The number of benzene rings is 1. The molecule has 0 unspecified atom stereocenters. The van der Waals surface area contributed by atoms with E-state index in [1.165, 1.54) is 0 Å². The monoisotopic (exact) mass is 337 g/mol. The van der Waals surface area contributed by atoms with Gasteiger partial charge < -0.3 is 5.32 Å². The van der Waals surface area contributed by atoms with Crippen LogP contribution in [-0.2, 0) is 13.1 Å². The summed E-state index contributed by atoms with van der Waals surface area (Å²) in [4.78, 5) is 12.4. The van der Waals surface area contributed by atoms with Crippen molar-refractivity contribution in [1.82, 2.24) is 24.9 Å². The second kappa shape index (κ2) is 7.34. The van der Waals surface area contributed by atoms with E-state index < -0.39 is 0 Å². The molecule has 2 aromatic heterocycles. The topological polar surface area (TPSA) is 64.7 Å². The molecule has 0 saturated carbocycles. The quantitative estimate of drug-likeness (QED) is 0.752. The maximum Gasteiger partial charge on any atom is 0.255 e. The van der Waals surface area contributed by atoms with Gasteiger partial charge in [0.15, 0.2) is 0 Å². The highest BCUT2D eigenvalue weighted by molar-refractivity contribution is 5.94. The highest BCUT2D eigenvalue weighted by Crippen LogP contribution is 2.13. The lowest BCUT2D eigenvalue weighted by atomic mass is 10.2. The predicted molar refractivity (Wildman–Crippen MR) is 96.7 cm³/mol. The third-order valence-corrected chi connectivity index (χ3v) is 4.23. The number of amides is 1. The molecule has 0 bridgehead atoms. The summed E-state index contributed by atoms with van der Waals surface area (Å²) >= 11 is 0.